The van der Waals surface area contributed by atoms with Crippen LogP contribution in [-0.2, 0) is 0 Å². The summed E-state index contributed by atoms with van der Waals surface area (Å²) >= 11 is 5.02. The van der Waals surface area contributed by atoms with Crippen molar-refractivity contribution in [2.45, 2.75) is 26.2 Å². The summed E-state index contributed by atoms with van der Waals surface area (Å²) in [5.41, 5.74) is 6.33. The van der Waals surface area contributed by atoms with Gasteiger partial charge in [0, 0.05) is 25.5 Å². The average Bonchev–Trinajstić information content (AvgIpc) is 2.28. The average molecular weight is 250 g/mol. The van der Waals surface area contributed by atoms with Gasteiger partial charge in [0.1, 0.15) is 10.7 Å². The van der Waals surface area contributed by atoms with Crippen molar-refractivity contribution in [2.75, 3.05) is 18.0 Å². The van der Waals surface area contributed by atoms with Gasteiger partial charge in [-0.25, -0.2) is 9.97 Å². The number of hydrogen-bond donors (Lipinski definition) is 1. The van der Waals surface area contributed by atoms with Gasteiger partial charge in [0.05, 0.1) is 0 Å². The van der Waals surface area contributed by atoms with E-state index in [1.165, 1.54) is 19.3 Å². The molecule has 1 heterocycles. The van der Waals surface area contributed by atoms with Crippen LogP contribution in [0.15, 0.2) is 12.4 Å². The summed E-state index contributed by atoms with van der Waals surface area (Å²) in [6, 6.07) is 0. The fraction of sp³-hybridized carbons (Fsp3) is 0.583. The summed E-state index contributed by atoms with van der Waals surface area (Å²) in [5.74, 6) is 1.62. The molecule has 17 heavy (non-hydrogen) atoms. The van der Waals surface area contributed by atoms with Crippen LogP contribution in [0.4, 0.5) is 5.82 Å². The van der Waals surface area contributed by atoms with Crippen molar-refractivity contribution in [3.8, 4) is 0 Å². The highest BCUT2D eigenvalue weighted by Crippen LogP contribution is 2.28. The van der Waals surface area contributed by atoms with Crippen molar-refractivity contribution in [3.05, 3.63) is 18.1 Å². The van der Waals surface area contributed by atoms with Crippen LogP contribution in [0.25, 0.3) is 0 Å². The number of hydrogen-bond acceptors (Lipinski definition) is 4. The predicted molar refractivity (Wildman–Crippen MR) is 73.1 cm³/mol. The largest absolute Gasteiger partial charge is 0.388 e. The van der Waals surface area contributed by atoms with Gasteiger partial charge in [-0.3, -0.25) is 0 Å². The van der Waals surface area contributed by atoms with Gasteiger partial charge < -0.3 is 10.6 Å². The Kier molecular flexibility index (Phi) is 3.89. The third-order valence-electron chi connectivity index (χ3n) is 3.30. The van der Waals surface area contributed by atoms with Gasteiger partial charge in [0.15, 0.2) is 5.82 Å². The van der Waals surface area contributed by atoms with Crippen molar-refractivity contribution < 1.29 is 0 Å². The molecule has 0 bridgehead atoms. The number of anilines is 1. The monoisotopic (exact) mass is 250 g/mol. The fourth-order valence-corrected chi connectivity index (χ4v) is 2.23. The molecule has 0 saturated heterocycles. The Morgan fingerprint density at radius 2 is 2.18 bits per heavy atom. The second-order valence-corrected chi connectivity index (χ2v) is 4.87. The Morgan fingerprint density at radius 1 is 1.47 bits per heavy atom. The smallest absolute Gasteiger partial charge is 0.157 e. The molecule has 0 amide bonds. The maximum atomic E-state index is 5.69. The van der Waals surface area contributed by atoms with Gasteiger partial charge in [-0.05, 0) is 25.7 Å². The first-order valence-electron chi connectivity index (χ1n) is 6.08. The zero-order valence-electron chi connectivity index (χ0n) is 10.1. The van der Waals surface area contributed by atoms with Gasteiger partial charge in [-0.1, -0.05) is 18.6 Å². The van der Waals surface area contributed by atoms with Crippen LogP contribution in [0.1, 0.15) is 31.9 Å². The van der Waals surface area contributed by atoms with E-state index in [0.717, 1.165) is 24.8 Å². The zero-order valence-corrected chi connectivity index (χ0v) is 10.9. The highest BCUT2D eigenvalue weighted by atomic mass is 32.1. The Bertz CT molecular complexity index is 403. The Hall–Kier alpha value is -1.23. The van der Waals surface area contributed by atoms with E-state index in [1.807, 2.05) is 0 Å². The standard InChI is InChI=1S/C12H18N4S/c1-2-16(8-9-4-3-5-9)12-10(11(13)17)14-6-7-15-12/h6-7,9H,2-5,8H2,1H3,(H2,13,17). The summed E-state index contributed by atoms with van der Waals surface area (Å²) in [6.07, 6.45) is 7.32. The van der Waals surface area contributed by atoms with Crippen LogP contribution in [-0.4, -0.2) is 28.0 Å². The molecule has 1 aliphatic rings. The lowest BCUT2D eigenvalue weighted by Gasteiger charge is -2.32. The van der Waals surface area contributed by atoms with E-state index in [2.05, 4.69) is 21.8 Å². The molecule has 0 aromatic carbocycles. The van der Waals surface area contributed by atoms with Crippen molar-refractivity contribution in [3.63, 3.8) is 0 Å². The molecule has 0 spiro atoms. The molecule has 0 aliphatic heterocycles. The van der Waals surface area contributed by atoms with E-state index in [9.17, 15) is 0 Å². The SMILES string of the molecule is CCN(CC1CCC1)c1nccnc1C(N)=S. The molecular weight excluding hydrogens is 232 g/mol. The van der Waals surface area contributed by atoms with Crippen LogP contribution in [0.3, 0.4) is 0 Å². The minimum absolute atomic E-state index is 0.320. The second kappa shape index (κ2) is 5.40. The van der Waals surface area contributed by atoms with E-state index >= 15 is 0 Å². The van der Waals surface area contributed by atoms with Crippen molar-refractivity contribution in [2.24, 2.45) is 11.7 Å². The van der Waals surface area contributed by atoms with Crippen LogP contribution in [0, 0.1) is 5.92 Å². The highest BCUT2D eigenvalue weighted by Gasteiger charge is 2.22. The number of nitrogens with two attached hydrogens (primary N) is 1. The lowest BCUT2D eigenvalue weighted by atomic mass is 9.85. The quantitative estimate of drug-likeness (QED) is 0.807. The zero-order chi connectivity index (χ0) is 12.3. The molecule has 1 fully saturated rings. The molecule has 5 heteroatoms. The van der Waals surface area contributed by atoms with Crippen LogP contribution in [0.5, 0.6) is 0 Å². The van der Waals surface area contributed by atoms with E-state index in [4.69, 9.17) is 18.0 Å². The normalized spacial score (nSPS) is 15.4. The summed E-state index contributed by atoms with van der Waals surface area (Å²) in [5, 5.41) is 0. The summed E-state index contributed by atoms with van der Waals surface area (Å²) in [7, 11) is 0. The second-order valence-electron chi connectivity index (χ2n) is 4.43. The molecule has 92 valence electrons. The molecule has 0 radical (unpaired) electrons. The lowest BCUT2D eigenvalue weighted by molar-refractivity contribution is 0.318. The third kappa shape index (κ3) is 2.72. The van der Waals surface area contributed by atoms with Gasteiger partial charge in [-0.15, -0.1) is 0 Å². The lowest BCUT2D eigenvalue weighted by Crippen LogP contribution is -2.34. The highest BCUT2D eigenvalue weighted by molar-refractivity contribution is 7.80. The minimum Gasteiger partial charge on any atom is -0.388 e. The van der Waals surface area contributed by atoms with E-state index in [0.29, 0.717) is 10.7 Å². The minimum atomic E-state index is 0.320. The number of thiocarbonyl (C=S) groups is 1. The molecule has 1 saturated carbocycles. The van der Waals surface area contributed by atoms with Crippen molar-refractivity contribution in [1.82, 2.24) is 9.97 Å². The first-order chi connectivity index (χ1) is 8.22. The van der Waals surface area contributed by atoms with Crippen molar-refractivity contribution >= 4 is 23.0 Å². The first-order valence-corrected chi connectivity index (χ1v) is 6.49. The topological polar surface area (TPSA) is 55.0 Å². The van der Waals surface area contributed by atoms with Crippen LogP contribution < -0.4 is 10.6 Å². The molecule has 4 nitrogen and oxygen atoms in total. The summed E-state index contributed by atoms with van der Waals surface area (Å²) in [4.78, 5) is 11.2. The van der Waals surface area contributed by atoms with Crippen LogP contribution in [0.2, 0.25) is 0 Å². The molecule has 0 unspecified atom stereocenters. The summed E-state index contributed by atoms with van der Waals surface area (Å²) in [6.45, 7) is 4.06. The summed E-state index contributed by atoms with van der Waals surface area (Å²) < 4.78 is 0. The molecule has 1 aromatic rings. The van der Waals surface area contributed by atoms with Crippen LogP contribution >= 0.6 is 12.2 Å². The van der Waals surface area contributed by atoms with Gasteiger partial charge in [-0.2, -0.15) is 0 Å². The maximum absolute atomic E-state index is 5.69. The number of rotatable bonds is 5. The third-order valence-corrected chi connectivity index (χ3v) is 3.49. The van der Waals surface area contributed by atoms with E-state index in [1.54, 1.807) is 12.4 Å². The Balaban J connectivity index is 2.19. The van der Waals surface area contributed by atoms with Gasteiger partial charge >= 0.3 is 0 Å². The number of nitrogens with zero attached hydrogens (tertiary/aromatic N) is 3. The molecule has 1 aromatic heterocycles. The van der Waals surface area contributed by atoms with Gasteiger partial charge in [0.2, 0.25) is 0 Å². The molecular formula is C12H18N4S. The van der Waals surface area contributed by atoms with Crippen molar-refractivity contribution in [1.29, 1.82) is 0 Å². The van der Waals surface area contributed by atoms with E-state index < -0.39 is 0 Å². The fourth-order valence-electron chi connectivity index (χ4n) is 2.09. The predicted octanol–water partition coefficient (Wildman–Crippen LogP) is 1.74. The molecule has 2 N–H and O–H groups in total. The molecule has 0 atom stereocenters. The first kappa shape index (κ1) is 12.2. The Morgan fingerprint density at radius 3 is 2.71 bits per heavy atom. The Labute approximate surface area is 107 Å². The van der Waals surface area contributed by atoms with E-state index in [-0.39, 0.29) is 0 Å². The molecule has 2 rings (SSSR count). The maximum Gasteiger partial charge on any atom is 0.157 e. The number of aromatic nitrogens is 2. The van der Waals surface area contributed by atoms with Gasteiger partial charge in [0.25, 0.3) is 0 Å². The molecule has 1 aliphatic carbocycles.